The minimum atomic E-state index is -4.08. The number of methoxy groups -OCH3 is 2. The molecule has 0 radical (unpaired) electrons. The SMILES string of the molecule is COc1ccc(OC)c(S(=O)(=O)NNC(=O)Cc2ccc(F)cc2)c1. The van der Waals surface area contributed by atoms with E-state index in [1.54, 1.807) is 6.07 Å². The van der Waals surface area contributed by atoms with Gasteiger partial charge in [-0.3, -0.25) is 10.2 Å². The zero-order valence-corrected chi connectivity index (χ0v) is 14.4. The van der Waals surface area contributed by atoms with Crippen LogP contribution in [0, 0.1) is 5.82 Å². The molecule has 0 unspecified atom stereocenters. The molecular weight excluding hydrogens is 351 g/mol. The smallest absolute Gasteiger partial charge is 0.261 e. The monoisotopic (exact) mass is 368 g/mol. The Labute approximate surface area is 144 Å². The van der Waals surface area contributed by atoms with Gasteiger partial charge in [-0.05, 0) is 29.8 Å². The molecule has 0 fully saturated rings. The molecule has 0 aliphatic heterocycles. The summed E-state index contributed by atoms with van der Waals surface area (Å²) >= 11 is 0. The third-order valence-corrected chi connectivity index (χ3v) is 4.53. The summed E-state index contributed by atoms with van der Waals surface area (Å²) < 4.78 is 47.6. The highest BCUT2D eigenvalue weighted by molar-refractivity contribution is 7.89. The van der Waals surface area contributed by atoms with Crippen molar-refractivity contribution in [2.45, 2.75) is 11.3 Å². The number of carbonyl (C=O) groups excluding carboxylic acids is 1. The fourth-order valence-corrected chi connectivity index (χ4v) is 3.05. The first-order chi connectivity index (χ1) is 11.9. The summed E-state index contributed by atoms with van der Waals surface area (Å²) in [5.41, 5.74) is 2.65. The molecule has 0 spiro atoms. The molecule has 2 N–H and O–H groups in total. The minimum absolute atomic E-state index is 0.0982. The van der Waals surface area contributed by atoms with Gasteiger partial charge < -0.3 is 9.47 Å². The van der Waals surface area contributed by atoms with Crippen LogP contribution in [0.15, 0.2) is 47.4 Å². The number of sulfonamides is 1. The molecule has 0 aliphatic rings. The number of hydrogen-bond acceptors (Lipinski definition) is 5. The van der Waals surface area contributed by atoms with Crippen LogP contribution in [-0.2, 0) is 21.2 Å². The van der Waals surface area contributed by atoms with E-state index in [1.165, 1.54) is 50.6 Å². The Kier molecular flexibility index (Phi) is 5.94. The Morgan fingerprint density at radius 2 is 1.76 bits per heavy atom. The van der Waals surface area contributed by atoms with Gasteiger partial charge in [0, 0.05) is 6.07 Å². The summed E-state index contributed by atoms with van der Waals surface area (Å²) in [6.07, 6.45) is -0.113. The molecule has 2 aromatic rings. The second-order valence-corrected chi connectivity index (χ2v) is 6.62. The van der Waals surface area contributed by atoms with Crippen molar-refractivity contribution in [2.24, 2.45) is 0 Å². The molecule has 2 rings (SSSR count). The van der Waals surface area contributed by atoms with Gasteiger partial charge in [-0.25, -0.2) is 12.8 Å². The highest BCUT2D eigenvalue weighted by atomic mass is 32.2. The zero-order chi connectivity index (χ0) is 18.4. The molecule has 0 saturated carbocycles. The fraction of sp³-hybridized carbons (Fsp3) is 0.188. The lowest BCUT2D eigenvalue weighted by Crippen LogP contribution is -2.42. The second-order valence-electron chi connectivity index (χ2n) is 4.97. The lowest BCUT2D eigenvalue weighted by atomic mass is 10.1. The van der Waals surface area contributed by atoms with E-state index in [1.807, 2.05) is 4.83 Å². The number of halogens is 1. The van der Waals surface area contributed by atoms with E-state index in [0.717, 1.165) is 0 Å². The van der Waals surface area contributed by atoms with Crippen molar-refractivity contribution in [3.63, 3.8) is 0 Å². The van der Waals surface area contributed by atoms with Crippen molar-refractivity contribution < 1.29 is 27.1 Å². The van der Waals surface area contributed by atoms with Crippen LogP contribution in [0.2, 0.25) is 0 Å². The zero-order valence-electron chi connectivity index (χ0n) is 13.6. The van der Waals surface area contributed by atoms with Crippen LogP contribution in [0.4, 0.5) is 4.39 Å². The van der Waals surface area contributed by atoms with E-state index in [-0.39, 0.29) is 17.1 Å². The lowest BCUT2D eigenvalue weighted by Gasteiger charge is -2.12. The van der Waals surface area contributed by atoms with E-state index < -0.39 is 21.7 Å². The van der Waals surface area contributed by atoms with Gasteiger partial charge in [0.25, 0.3) is 10.0 Å². The van der Waals surface area contributed by atoms with E-state index in [2.05, 4.69) is 5.43 Å². The molecule has 0 aliphatic carbocycles. The van der Waals surface area contributed by atoms with Crippen LogP contribution in [-0.4, -0.2) is 28.5 Å². The molecule has 0 atom stereocenters. The molecule has 9 heteroatoms. The predicted molar refractivity (Wildman–Crippen MR) is 88.1 cm³/mol. The van der Waals surface area contributed by atoms with Crippen LogP contribution in [0.3, 0.4) is 0 Å². The highest BCUT2D eigenvalue weighted by Gasteiger charge is 2.21. The van der Waals surface area contributed by atoms with Crippen LogP contribution in [0.5, 0.6) is 11.5 Å². The van der Waals surface area contributed by atoms with Crippen molar-refractivity contribution in [1.82, 2.24) is 10.3 Å². The molecule has 1 amide bonds. The number of nitrogens with one attached hydrogen (secondary N) is 2. The molecule has 0 heterocycles. The lowest BCUT2D eigenvalue weighted by molar-refractivity contribution is -0.120. The Morgan fingerprint density at radius 1 is 1.08 bits per heavy atom. The molecule has 2 aromatic carbocycles. The maximum atomic E-state index is 12.8. The van der Waals surface area contributed by atoms with E-state index in [0.29, 0.717) is 11.3 Å². The number of carbonyl (C=O) groups is 1. The van der Waals surface area contributed by atoms with Crippen molar-refractivity contribution in [1.29, 1.82) is 0 Å². The van der Waals surface area contributed by atoms with Crippen molar-refractivity contribution >= 4 is 15.9 Å². The summed E-state index contributed by atoms with van der Waals surface area (Å²) in [4.78, 5) is 13.7. The first kappa shape index (κ1) is 18.7. The average molecular weight is 368 g/mol. The molecule has 134 valence electrons. The maximum absolute atomic E-state index is 12.8. The largest absolute Gasteiger partial charge is 0.497 e. The normalized spacial score (nSPS) is 11.0. The quantitative estimate of drug-likeness (QED) is 0.721. The number of benzene rings is 2. The summed E-state index contributed by atoms with van der Waals surface area (Å²) in [6, 6.07) is 9.57. The van der Waals surface area contributed by atoms with Crippen molar-refractivity contribution in [3.05, 3.63) is 53.8 Å². The molecule has 0 saturated heterocycles. The molecule has 25 heavy (non-hydrogen) atoms. The highest BCUT2D eigenvalue weighted by Crippen LogP contribution is 2.27. The second kappa shape index (κ2) is 7.95. The van der Waals surface area contributed by atoms with Crippen LogP contribution in [0.1, 0.15) is 5.56 Å². The van der Waals surface area contributed by atoms with Crippen LogP contribution < -0.4 is 19.7 Å². The Hall–Kier alpha value is -2.65. The van der Waals surface area contributed by atoms with Gasteiger partial charge >= 0.3 is 0 Å². The van der Waals surface area contributed by atoms with Crippen LogP contribution >= 0.6 is 0 Å². The maximum Gasteiger partial charge on any atom is 0.261 e. The van der Waals surface area contributed by atoms with Gasteiger partial charge in [-0.2, -0.15) is 0 Å². The summed E-state index contributed by atoms with van der Waals surface area (Å²) in [6.45, 7) is 0. The molecule has 7 nitrogen and oxygen atoms in total. The Morgan fingerprint density at radius 3 is 2.36 bits per heavy atom. The van der Waals surface area contributed by atoms with Gasteiger partial charge in [0.2, 0.25) is 5.91 Å². The van der Waals surface area contributed by atoms with Crippen molar-refractivity contribution in [3.8, 4) is 11.5 Å². The third-order valence-electron chi connectivity index (χ3n) is 3.26. The Bertz CT molecular complexity index is 853. The Balaban J connectivity index is 2.08. The molecular formula is C16H17FN2O5S. The van der Waals surface area contributed by atoms with Crippen molar-refractivity contribution in [2.75, 3.05) is 14.2 Å². The number of rotatable bonds is 7. The van der Waals surface area contributed by atoms with Gasteiger partial charge in [0.1, 0.15) is 22.2 Å². The average Bonchev–Trinajstić information content (AvgIpc) is 2.61. The standard InChI is InChI=1S/C16H17FN2O5S/c1-23-13-7-8-14(24-2)15(10-13)25(21,22)19-18-16(20)9-11-3-5-12(17)6-4-11/h3-8,10,19H,9H2,1-2H3,(H,18,20). The topological polar surface area (TPSA) is 93.7 Å². The first-order valence-corrected chi connectivity index (χ1v) is 8.61. The summed E-state index contributed by atoms with van der Waals surface area (Å²) in [7, 11) is -1.35. The third kappa shape index (κ3) is 4.91. The number of amides is 1. The molecule has 0 bridgehead atoms. The number of ether oxygens (including phenoxy) is 2. The predicted octanol–water partition coefficient (Wildman–Crippen LogP) is 1.40. The fourth-order valence-electron chi connectivity index (χ4n) is 2.00. The van der Waals surface area contributed by atoms with Gasteiger partial charge in [-0.1, -0.05) is 12.1 Å². The van der Waals surface area contributed by atoms with Gasteiger partial charge in [-0.15, -0.1) is 4.83 Å². The minimum Gasteiger partial charge on any atom is -0.497 e. The van der Waals surface area contributed by atoms with E-state index in [9.17, 15) is 17.6 Å². The van der Waals surface area contributed by atoms with Crippen LogP contribution in [0.25, 0.3) is 0 Å². The van der Waals surface area contributed by atoms with Gasteiger partial charge in [0.15, 0.2) is 0 Å². The summed E-state index contributed by atoms with van der Waals surface area (Å²) in [5, 5.41) is 0. The van der Waals surface area contributed by atoms with E-state index in [4.69, 9.17) is 9.47 Å². The number of hydrogen-bond donors (Lipinski definition) is 2. The summed E-state index contributed by atoms with van der Waals surface area (Å²) in [5.74, 6) is -0.605. The van der Waals surface area contributed by atoms with Gasteiger partial charge in [0.05, 0.1) is 20.6 Å². The molecule has 0 aromatic heterocycles. The number of hydrazine groups is 1. The van der Waals surface area contributed by atoms with E-state index >= 15 is 0 Å². The first-order valence-electron chi connectivity index (χ1n) is 7.13.